The number of hydrogen-bond acceptors (Lipinski definition) is 4. The molecule has 0 spiro atoms. The molecule has 162 valence electrons. The Balaban J connectivity index is 1.83. The SMILES string of the molecule is Cc1ccc(NC2=C(c3ccc(Cl)cc3)C(=O)N(c3cccc(N(C)C)c3)C2=O)c(C)c1. The number of amides is 2. The minimum absolute atomic E-state index is 0.250. The first-order valence-corrected chi connectivity index (χ1v) is 10.6. The van der Waals surface area contributed by atoms with E-state index >= 15 is 0 Å². The van der Waals surface area contributed by atoms with E-state index in [2.05, 4.69) is 5.32 Å². The molecule has 1 heterocycles. The normalized spacial score (nSPS) is 13.7. The highest BCUT2D eigenvalue weighted by molar-refractivity contribution is 6.46. The summed E-state index contributed by atoms with van der Waals surface area (Å²) in [6, 6.07) is 20.2. The molecule has 0 fully saturated rings. The van der Waals surface area contributed by atoms with Crippen LogP contribution in [0.1, 0.15) is 16.7 Å². The third kappa shape index (κ3) is 3.99. The summed E-state index contributed by atoms with van der Waals surface area (Å²) in [4.78, 5) is 30.3. The van der Waals surface area contributed by atoms with Gasteiger partial charge in [0.15, 0.2) is 0 Å². The lowest BCUT2D eigenvalue weighted by Gasteiger charge is -2.19. The zero-order valence-corrected chi connectivity index (χ0v) is 19.2. The van der Waals surface area contributed by atoms with Crippen molar-refractivity contribution in [3.8, 4) is 0 Å². The van der Waals surface area contributed by atoms with Gasteiger partial charge in [-0.15, -0.1) is 0 Å². The van der Waals surface area contributed by atoms with Gasteiger partial charge in [-0.2, -0.15) is 0 Å². The van der Waals surface area contributed by atoms with Gasteiger partial charge in [0.25, 0.3) is 11.8 Å². The number of carbonyl (C=O) groups is 2. The van der Waals surface area contributed by atoms with Crippen LogP contribution in [0.3, 0.4) is 0 Å². The Morgan fingerprint density at radius 2 is 1.59 bits per heavy atom. The van der Waals surface area contributed by atoms with Gasteiger partial charge >= 0.3 is 0 Å². The number of nitrogens with one attached hydrogen (secondary N) is 1. The Morgan fingerprint density at radius 1 is 0.875 bits per heavy atom. The Bertz CT molecular complexity index is 1250. The molecular weight excluding hydrogens is 422 g/mol. The molecule has 3 aromatic carbocycles. The zero-order chi connectivity index (χ0) is 23.0. The monoisotopic (exact) mass is 445 g/mol. The topological polar surface area (TPSA) is 52.7 Å². The Labute approximate surface area is 192 Å². The molecule has 0 radical (unpaired) electrons. The van der Waals surface area contributed by atoms with Crippen LogP contribution in [0.2, 0.25) is 5.02 Å². The predicted molar refractivity (Wildman–Crippen MR) is 131 cm³/mol. The fourth-order valence-electron chi connectivity index (χ4n) is 3.76. The molecule has 0 aliphatic carbocycles. The number of carbonyl (C=O) groups excluding carboxylic acids is 2. The van der Waals surface area contributed by atoms with Crippen molar-refractivity contribution in [2.45, 2.75) is 13.8 Å². The van der Waals surface area contributed by atoms with Gasteiger partial charge in [-0.25, -0.2) is 4.90 Å². The highest BCUT2D eigenvalue weighted by Gasteiger charge is 2.40. The number of rotatable bonds is 5. The second-order valence-corrected chi connectivity index (χ2v) is 8.50. The summed E-state index contributed by atoms with van der Waals surface area (Å²) in [7, 11) is 3.83. The molecule has 3 aromatic rings. The summed E-state index contributed by atoms with van der Waals surface area (Å²) >= 11 is 6.06. The molecule has 1 N–H and O–H groups in total. The van der Waals surface area contributed by atoms with Crippen molar-refractivity contribution in [3.63, 3.8) is 0 Å². The Kier molecular flexibility index (Phi) is 5.76. The average molecular weight is 446 g/mol. The zero-order valence-electron chi connectivity index (χ0n) is 18.4. The van der Waals surface area contributed by atoms with Gasteiger partial charge in [-0.05, 0) is 61.4 Å². The van der Waals surface area contributed by atoms with Gasteiger partial charge in [0.05, 0.1) is 11.3 Å². The highest BCUT2D eigenvalue weighted by Crippen LogP contribution is 2.35. The van der Waals surface area contributed by atoms with Crippen LogP contribution in [0.25, 0.3) is 5.57 Å². The van der Waals surface area contributed by atoms with E-state index in [4.69, 9.17) is 11.6 Å². The summed E-state index contributed by atoms with van der Waals surface area (Å²) in [6.07, 6.45) is 0. The molecule has 0 bridgehead atoms. The molecule has 2 amide bonds. The second kappa shape index (κ2) is 8.52. The van der Waals surface area contributed by atoms with Gasteiger partial charge in [0.1, 0.15) is 5.70 Å². The number of benzene rings is 3. The summed E-state index contributed by atoms with van der Waals surface area (Å²) in [6.45, 7) is 3.98. The molecule has 0 saturated heterocycles. The first-order valence-electron chi connectivity index (χ1n) is 10.3. The Hall–Kier alpha value is -3.57. The minimum atomic E-state index is -0.393. The summed E-state index contributed by atoms with van der Waals surface area (Å²) < 4.78 is 0. The maximum Gasteiger partial charge on any atom is 0.282 e. The first kappa shape index (κ1) is 21.7. The van der Waals surface area contributed by atoms with Crippen LogP contribution >= 0.6 is 11.6 Å². The van der Waals surface area contributed by atoms with Crippen molar-refractivity contribution >= 4 is 46.1 Å². The van der Waals surface area contributed by atoms with Crippen LogP contribution in [-0.4, -0.2) is 25.9 Å². The van der Waals surface area contributed by atoms with E-state index in [1.165, 1.54) is 4.90 Å². The lowest BCUT2D eigenvalue weighted by Crippen LogP contribution is -2.32. The van der Waals surface area contributed by atoms with Crippen molar-refractivity contribution in [1.29, 1.82) is 0 Å². The molecule has 0 atom stereocenters. The average Bonchev–Trinajstić information content (AvgIpc) is 3.00. The third-order valence-electron chi connectivity index (χ3n) is 5.46. The van der Waals surface area contributed by atoms with E-state index in [0.717, 1.165) is 22.5 Å². The van der Waals surface area contributed by atoms with E-state index in [9.17, 15) is 9.59 Å². The molecular formula is C26H24ClN3O2. The van der Waals surface area contributed by atoms with Crippen LogP contribution in [0, 0.1) is 13.8 Å². The van der Waals surface area contributed by atoms with Gasteiger partial charge in [-0.3, -0.25) is 9.59 Å². The van der Waals surface area contributed by atoms with Crippen molar-refractivity contribution in [1.82, 2.24) is 0 Å². The Morgan fingerprint density at radius 3 is 2.25 bits per heavy atom. The summed E-state index contributed by atoms with van der Waals surface area (Å²) in [5.41, 5.74) is 5.51. The largest absolute Gasteiger partial charge is 0.378 e. The van der Waals surface area contributed by atoms with Gasteiger partial charge in [0, 0.05) is 30.5 Å². The molecule has 5 nitrogen and oxygen atoms in total. The first-order chi connectivity index (χ1) is 15.3. The van der Waals surface area contributed by atoms with Crippen LogP contribution in [-0.2, 0) is 9.59 Å². The lowest BCUT2D eigenvalue weighted by atomic mass is 10.0. The molecule has 0 unspecified atom stereocenters. The number of anilines is 3. The second-order valence-electron chi connectivity index (χ2n) is 8.06. The van der Waals surface area contributed by atoms with Crippen molar-refractivity contribution in [2.75, 3.05) is 29.2 Å². The van der Waals surface area contributed by atoms with E-state index < -0.39 is 5.91 Å². The number of aryl methyl sites for hydroxylation is 2. The minimum Gasteiger partial charge on any atom is -0.378 e. The molecule has 1 aliphatic rings. The highest BCUT2D eigenvalue weighted by atomic mass is 35.5. The van der Waals surface area contributed by atoms with E-state index in [1.54, 1.807) is 30.3 Å². The van der Waals surface area contributed by atoms with Crippen LogP contribution in [0.4, 0.5) is 17.1 Å². The van der Waals surface area contributed by atoms with E-state index in [-0.39, 0.29) is 11.6 Å². The van der Waals surface area contributed by atoms with Gasteiger partial charge < -0.3 is 10.2 Å². The molecule has 0 saturated carbocycles. The maximum atomic E-state index is 13.6. The van der Waals surface area contributed by atoms with Crippen LogP contribution < -0.4 is 15.1 Å². The predicted octanol–water partition coefficient (Wildman–Crippen LogP) is 5.42. The quantitative estimate of drug-likeness (QED) is 0.533. The van der Waals surface area contributed by atoms with E-state index in [1.807, 2.05) is 69.2 Å². The van der Waals surface area contributed by atoms with Crippen LogP contribution in [0.15, 0.2) is 72.4 Å². The smallest absolute Gasteiger partial charge is 0.282 e. The number of nitrogens with zero attached hydrogens (tertiary/aromatic N) is 2. The fourth-order valence-corrected chi connectivity index (χ4v) is 3.89. The van der Waals surface area contributed by atoms with E-state index in [0.29, 0.717) is 21.8 Å². The number of hydrogen-bond donors (Lipinski definition) is 1. The maximum absolute atomic E-state index is 13.6. The number of imide groups is 1. The fraction of sp³-hybridized carbons (Fsp3) is 0.154. The molecule has 32 heavy (non-hydrogen) atoms. The summed E-state index contributed by atoms with van der Waals surface area (Å²) in [5.74, 6) is -0.767. The number of halogens is 1. The van der Waals surface area contributed by atoms with Gasteiger partial charge in [0.2, 0.25) is 0 Å². The standard InChI is InChI=1S/C26H24ClN3O2/c1-16-8-13-22(17(2)14-16)28-24-23(18-9-11-19(27)12-10-18)25(31)30(26(24)32)21-7-5-6-20(15-21)29(3)4/h5-15,28H,1-4H3. The summed E-state index contributed by atoms with van der Waals surface area (Å²) in [5, 5.41) is 3.80. The molecule has 1 aliphatic heterocycles. The molecule has 4 rings (SSSR count). The van der Waals surface area contributed by atoms with Gasteiger partial charge in [-0.1, -0.05) is 47.5 Å². The molecule has 6 heteroatoms. The lowest BCUT2D eigenvalue weighted by molar-refractivity contribution is -0.120. The van der Waals surface area contributed by atoms with Crippen molar-refractivity contribution < 1.29 is 9.59 Å². The van der Waals surface area contributed by atoms with Crippen LogP contribution in [0.5, 0.6) is 0 Å². The van der Waals surface area contributed by atoms with Crippen molar-refractivity contribution in [3.05, 3.63) is 94.1 Å². The van der Waals surface area contributed by atoms with Crippen molar-refractivity contribution in [2.24, 2.45) is 0 Å². The third-order valence-corrected chi connectivity index (χ3v) is 5.71. The molecule has 0 aromatic heterocycles.